The van der Waals surface area contributed by atoms with Gasteiger partial charge in [0.1, 0.15) is 12.4 Å². The highest BCUT2D eigenvalue weighted by Crippen LogP contribution is 2.17. The minimum absolute atomic E-state index is 0.487. The van der Waals surface area contributed by atoms with Crippen molar-refractivity contribution >= 4 is 15.9 Å². The summed E-state index contributed by atoms with van der Waals surface area (Å²) in [5.41, 5.74) is 1.07. The molecule has 0 aliphatic rings. The number of rotatable bonds is 4. The van der Waals surface area contributed by atoms with Gasteiger partial charge in [0.25, 0.3) is 0 Å². The van der Waals surface area contributed by atoms with Gasteiger partial charge in [0.05, 0.1) is 11.6 Å². The SMILES string of the molecule is COc1ccc(COc2cc(Br)c[n+](N)c2)cc1. The number of halogens is 1. The minimum Gasteiger partial charge on any atom is -0.497 e. The second-order valence-electron chi connectivity index (χ2n) is 3.77. The van der Waals surface area contributed by atoms with E-state index in [4.69, 9.17) is 15.3 Å². The van der Waals surface area contributed by atoms with Crippen LogP contribution in [-0.4, -0.2) is 7.11 Å². The molecular weight excluding hydrogens is 296 g/mol. The maximum absolute atomic E-state index is 5.66. The van der Waals surface area contributed by atoms with E-state index in [0.717, 1.165) is 15.8 Å². The van der Waals surface area contributed by atoms with Crippen molar-refractivity contribution in [3.05, 3.63) is 52.8 Å². The summed E-state index contributed by atoms with van der Waals surface area (Å²) in [7, 11) is 1.65. The average Bonchev–Trinajstić information content (AvgIpc) is 2.36. The third kappa shape index (κ3) is 3.37. The highest BCUT2D eigenvalue weighted by Gasteiger charge is 2.04. The van der Waals surface area contributed by atoms with Crippen LogP contribution in [0.5, 0.6) is 11.5 Å². The summed E-state index contributed by atoms with van der Waals surface area (Å²) in [5.74, 6) is 7.20. The third-order valence-corrected chi connectivity index (χ3v) is 2.83. The van der Waals surface area contributed by atoms with Gasteiger partial charge in [0, 0.05) is 6.07 Å². The number of nitrogen functional groups attached to an aromatic ring is 1. The molecule has 0 saturated heterocycles. The Bertz CT molecular complexity index is 509. The molecule has 2 aromatic rings. The molecule has 4 nitrogen and oxygen atoms in total. The zero-order valence-corrected chi connectivity index (χ0v) is 11.6. The lowest BCUT2D eigenvalue weighted by Gasteiger charge is -2.06. The molecule has 0 atom stereocenters. The molecule has 0 spiro atoms. The molecule has 0 amide bonds. The number of nitrogens with zero attached hydrogens (tertiary/aromatic N) is 1. The molecule has 18 heavy (non-hydrogen) atoms. The van der Waals surface area contributed by atoms with Crippen molar-refractivity contribution < 1.29 is 14.1 Å². The van der Waals surface area contributed by atoms with Crippen LogP contribution >= 0.6 is 15.9 Å². The van der Waals surface area contributed by atoms with Crippen LogP contribution in [0.4, 0.5) is 0 Å². The normalized spacial score (nSPS) is 10.1. The van der Waals surface area contributed by atoms with Gasteiger partial charge in [-0.1, -0.05) is 16.8 Å². The maximum atomic E-state index is 5.66. The van der Waals surface area contributed by atoms with Gasteiger partial charge >= 0.3 is 0 Å². The molecule has 0 saturated carbocycles. The fourth-order valence-electron chi connectivity index (χ4n) is 1.50. The molecule has 0 fully saturated rings. The van der Waals surface area contributed by atoms with Crippen molar-refractivity contribution in [1.29, 1.82) is 0 Å². The van der Waals surface area contributed by atoms with Gasteiger partial charge in [-0.3, -0.25) is 0 Å². The lowest BCUT2D eigenvalue weighted by Crippen LogP contribution is -2.43. The monoisotopic (exact) mass is 309 g/mol. The first-order chi connectivity index (χ1) is 8.67. The van der Waals surface area contributed by atoms with Crippen LogP contribution in [0.15, 0.2) is 47.2 Å². The maximum Gasteiger partial charge on any atom is 0.240 e. The molecule has 0 radical (unpaired) electrons. The Morgan fingerprint density at radius 2 is 1.89 bits per heavy atom. The van der Waals surface area contributed by atoms with Gasteiger partial charge in [0.2, 0.25) is 12.4 Å². The minimum atomic E-state index is 0.487. The molecule has 94 valence electrons. The first-order valence-corrected chi connectivity index (χ1v) is 6.19. The van der Waals surface area contributed by atoms with Crippen LogP contribution in [-0.2, 0) is 6.61 Å². The van der Waals surface area contributed by atoms with Crippen LogP contribution in [0.2, 0.25) is 0 Å². The average molecular weight is 310 g/mol. The number of hydrogen-bond donors (Lipinski definition) is 1. The summed E-state index contributed by atoms with van der Waals surface area (Å²) < 4.78 is 13.1. The Labute approximate surface area is 114 Å². The number of hydrogen-bond acceptors (Lipinski definition) is 3. The van der Waals surface area contributed by atoms with E-state index >= 15 is 0 Å². The van der Waals surface area contributed by atoms with Crippen molar-refractivity contribution in [2.24, 2.45) is 0 Å². The van der Waals surface area contributed by atoms with E-state index in [9.17, 15) is 0 Å². The molecule has 0 unspecified atom stereocenters. The second-order valence-corrected chi connectivity index (χ2v) is 4.69. The Kier molecular flexibility index (Phi) is 4.04. The lowest BCUT2D eigenvalue weighted by atomic mass is 10.2. The van der Waals surface area contributed by atoms with E-state index in [1.165, 1.54) is 4.68 Å². The Hall–Kier alpha value is -1.75. The summed E-state index contributed by atoms with van der Waals surface area (Å²) in [4.78, 5) is 0. The van der Waals surface area contributed by atoms with Crippen molar-refractivity contribution in [2.45, 2.75) is 6.61 Å². The van der Waals surface area contributed by atoms with Gasteiger partial charge in [-0.2, -0.15) is 0 Å². The fourth-order valence-corrected chi connectivity index (χ4v) is 1.97. The second kappa shape index (κ2) is 5.73. The smallest absolute Gasteiger partial charge is 0.240 e. The summed E-state index contributed by atoms with van der Waals surface area (Å²) in [6, 6.07) is 9.61. The van der Waals surface area contributed by atoms with Gasteiger partial charge in [-0.05, 0) is 33.6 Å². The Balaban J connectivity index is 2.01. The lowest BCUT2D eigenvalue weighted by molar-refractivity contribution is -0.639. The number of nitrogens with two attached hydrogens (primary N) is 1. The number of pyridine rings is 1. The number of benzene rings is 1. The van der Waals surface area contributed by atoms with Gasteiger partial charge < -0.3 is 9.47 Å². The summed E-state index contributed by atoms with van der Waals surface area (Å²) in [6.07, 6.45) is 3.47. The van der Waals surface area contributed by atoms with Crippen molar-refractivity contribution in [3.63, 3.8) is 0 Å². The molecule has 0 bridgehead atoms. The van der Waals surface area contributed by atoms with E-state index in [1.807, 2.05) is 30.3 Å². The number of ether oxygens (including phenoxy) is 2. The number of aromatic nitrogens is 1. The summed E-state index contributed by atoms with van der Waals surface area (Å²) in [6.45, 7) is 0.487. The van der Waals surface area contributed by atoms with Crippen LogP contribution in [0.1, 0.15) is 5.56 Å². The predicted molar refractivity (Wildman–Crippen MR) is 71.8 cm³/mol. The van der Waals surface area contributed by atoms with Crippen LogP contribution in [0, 0.1) is 0 Å². The first kappa shape index (κ1) is 12.7. The van der Waals surface area contributed by atoms with Crippen molar-refractivity contribution in [1.82, 2.24) is 0 Å². The molecule has 2 rings (SSSR count). The topological polar surface area (TPSA) is 48.4 Å². The van der Waals surface area contributed by atoms with E-state index in [1.54, 1.807) is 19.5 Å². The molecule has 1 heterocycles. The predicted octanol–water partition coefficient (Wildman–Crippen LogP) is 2.04. The quantitative estimate of drug-likeness (QED) is 0.694. The number of methoxy groups -OCH3 is 1. The van der Waals surface area contributed by atoms with E-state index in [-0.39, 0.29) is 0 Å². The summed E-state index contributed by atoms with van der Waals surface area (Å²) >= 11 is 3.36. The first-order valence-electron chi connectivity index (χ1n) is 5.40. The zero-order valence-electron chi connectivity index (χ0n) is 9.97. The van der Waals surface area contributed by atoms with E-state index < -0.39 is 0 Å². The highest BCUT2D eigenvalue weighted by molar-refractivity contribution is 9.10. The van der Waals surface area contributed by atoms with Gasteiger partial charge in [-0.25, -0.2) is 5.84 Å². The molecule has 1 aromatic carbocycles. The molecule has 5 heteroatoms. The van der Waals surface area contributed by atoms with Crippen molar-refractivity contribution in [2.75, 3.05) is 13.0 Å². The van der Waals surface area contributed by atoms with Crippen LogP contribution < -0.4 is 20.0 Å². The van der Waals surface area contributed by atoms with Crippen molar-refractivity contribution in [3.8, 4) is 11.5 Å². The molecule has 1 aromatic heterocycles. The van der Waals surface area contributed by atoms with Crippen LogP contribution in [0.3, 0.4) is 0 Å². The fraction of sp³-hybridized carbons (Fsp3) is 0.154. The molecule has 2 N–H and O–H groups in total. The standard InChI is InChI=1S/C13H14BrN2O2/c1-17-12-4-2-10(3-5-12)9-18-13-6-11(14)7-16(15)8-13/h2-8H,9,15H2,1H3/q+1. The van der Waals surface area contributed by atoms with E-state index in [2.05, 4.69) is 15.9 Å². The Morgan fingerprint density at radius 1 is 1.17 bits per heavy atom. The van der Waals surface area contributed by atoms with Gasteiger partial charge in [0.15, 0.2) is 5.75 Å². The third-order valence-electron chi connectivity index (χ3n) is 2.39. The highest BCUT2D eigenvalue weighted by atomic mass is 79.9. The van der Waals surface area contributed by atoms with E-state index in [0.29, 0.717) is 12.4 Å². The Morgan fingerprint density at radius 3 is 2.50 bits per heavy atom. The van der Waals surface area contributed by atoms with Crippen LogP contribution in [0.25, 0.3) is 0 Å². The zero-order chi connectivity index (χ0) is 13.0. The molecular formula is C13H14BrN2O2+. The summed E-state index contributed by atoms with van der Waals surface area (Å²) in [5, 5.41) is 0. The van der Waals surface area contributed by atoms with Gasteiger partial charge in [-0.15, -0.1) is 0 Å². The molecule has 0 aliphatic carbocycles. The largest absolute Gasteiger partial charge is 0.497 e. The molecule has 0 aliphatic heterocycles.